The number of aromatic nitrogens is 2. The summed E-state index contributed by atoms with van der Waals surface area (Å²) in [4.78, 5) is 0. The van der Waals surface area contributed by atoms with Crippen LogP contribution in [0.15, 0.2) is 12.3 Å². The van der Waals surface area contributed by atoms with Crippen molar-refractivity contribution in [1.29, 1.82) is 0 Å². The van der Waals surface area contributed by atoms with Crippen molar-refractivity contribution in [3.8, 4) is 0 Å². The van der Waals surface area contributed by atoms with Gasteiger partial charge in [0.2, 0.25) is 0 Å². The van der Waals surface area contributed by atoms with Gasteiger partial charge in [-0.2, -0.15) is 5.10 Å². The largest absolute Gasteiger partial charge is 0.374 e. The van der Waals surface area contributed by atoms with E-state index < -0.39 is 0 Å². The molecule has 0 radical (unpaired) electrons. The van der Waals surface area contributed by atoms with Crippen molar-refractivity contribution in [2.24, 2.45) is 0 Å². The summed E-state index contributed by atoms with van der Waals surface area (Å²) in [5.41, 5.74) is 1.00. The van der Waals surface area contributed by atoms with E-state index in [0.29, 0.717) is 12.6 Å². The molecule has 0 aliphatic heterocycles. The standard InChI is InChI=1S/C12H23N3O/c1-4-6-13-7-9-16-10-12-5-8-15(14-12)11(2)3/h5,8,11,13H,4,6-7,9-10H2,1-3H3. The molecule has 0 saturated carbocycles. The van der Waals surface area contributed by atoms with E-state index in [2.05, 4.69) is 31.2 Å². The maximum Gasteiger partial charge on any atom is 0.0907 e. The third-order valence-electron chi connectivity index (χ3n) is 2.29. The molecule has 0 unspecified atom stereocenters. The first-order valence-corrected chi connectivity index (χ1v) is 6.06. The average Bonchev–Trinajstić information content (AvgIpc) is 2.72. The lowest BCUT2D eigenvalue weighted by molar-refractivity contribution is 0.119. The molecule has 4 nitrogen and oxygen atoms in total. The quantitative estimate of drug-likeness (QED) is 0.688. The van der Waals surface area contributed by atoms with E-state index in [1.807, 2.05) is 16.9 Å². The minimum absolute atomic E-state index is 0.417. The van der Waals surface area contributed by atoms with Crippen LogP contribution in [0.2, 0.25) is 0 Å². The molecule has 4 heteroatoms. The van der Waals surface area contributed by atoms with Crippen molar-refractivity contribution in [3.05, 3.63) is 18.0 Å². The molecule has 0 aromatic carbocycles. The highest BCUT2D eigenvalue weighted by molar-refractivity contribution is 4.97. The summed E-state index contributed by atoms with van der Waals surface area (Å²) in [6.07, 6.45) is 3.16. The Morgan fingerprint density at radius 1 is 1.44 bits per heavy atom. The van der Waals surface area contributed by atoms with E-state index in [0.717, 1.165) is 25.4 Å². The van der Waals surface area contributed by atoms with Gasteiger partial charge in [0, 0.05) is 18.8 Å². The number of nitrogens with zero attached hydrogens (tertiary/aromatic N) is 2. The lowest BCUT2D eigenvalue weighted by Crippen LogP contribution is -2.20. The number of hydrogen-bond donors (Lipinski definition) is 1. The SMILES string of the molecule is CCCNCCOCc1ccn(C(C)C)n1. The second kappa shape index (κ2) is 7.41. The lowest BCUT2D eigenvalue weighted by Gasteiger charge is -2.05. The van der Waals surface area contributed by atoms with Gasteiger partial charge in [-0.15, -0.1) is 0 Å². The van der Waals surface area contributed by atoms with Crippen LogP contribution in [0.3, 0.4) is 0 Å². The predicted molar refractivity (Wildman–Crippen MR) is 65.4 cm³/mol. The fraction of sp³-hybridized carbons (Fsp3) is 0.750. The zero-order chi connectivity index (χ0) is 11.8. The van der Waals surface area contributed by atoms with Crippen LogP contribution in [-0.4, -0.2) is 29.5 Å². The number of hydrogen-bond acceptors (Lipinski definition) is 3. The number of nitrogens with one attached hydrogen (secondary N) is 1. The van der Waals surface area contributed by atoms with Gasteiger partial charge in [0.1, 0.15) is 0 Å². The highest BCUT2D eigenvalue weighted by Gasteiger charge is 2.01. The first-order valence-electron chi connectivity index (χ1n) is 6.06. The molecule has 1 N–H and O–H groups in total. The fourth-order valence-electron chi connectivity index (χ4n) is 1.36. The van der Waals surface area contributed by atoms with Crippen LogP contribution < -0.4 is 5.32 Å². The van der Waals surface area contributed by atoms with E-state index in [1.54, 1.807) is 0 Å². The molecule has 0 bridgehead atoms. The van der Waals surface area contributed by atoms with E-state index in [9.17, 15) is 0 Å². The summed E-state index contributed by atoms with van der Waals surface area (Å²) in [5, 5.41) is 7.71. The normalized spacial score (nSPS) is 11.2. The molecule has 0 amide bonds. The Hall–Kier alpha value is -0.870. The summed E-state index contributed by atoms with van der Waals surface area (Å²) >= 11 is 0. The van der Waals surface area contributed by atoms with Gasteiger partial charge in [-0.25, -0.2) is 0 Å². The van der Waals surface area contributed by atoms with Gasteiger partial charge in [-0.05, 0) is 32.9 Å². The Kier molecular flexibility index (Phi) is 6.11. The highest BCUT2D eigenvalue weighted by Crippen LogP contribution is 2.04. The summed E-state index contributed by atoms with van der Waals surface area (Å²) in [6, 6.07) is 2.43. The van der Waals surface area contributed by atoms with Gasteiger partial charge in [0.15, 0.2) is 0 Å². The minimum Gasteiger partial charge on any atom is -0.374 e. The van der Waals surface area contributed by atoms with Gasteiger partial charge in [-0.1, -0.05) is 6.92 Å². The summed E-state index contributed by atoms with van der Waals surface area (Å²) in [5.74, 6) is 0. The van der Waals surface area contributed by atoms with Crippen LogP contribution in [-0.2, 0) is 11.3 Å². The maximum atomic E-state index is 5.52. The molecule has 1 aromatic rings. The van der Waals surface area contributed by atoms with E-state index >= 15 is 0 Å². The molecular formula is C12H23N3O. The Morgan fingerprint density at radius 3 is 2.88 bits per heavy atom. The molecular weight excluding hydrogens is 202 g/mol. The molecule has 1 rings (SSSR count). The van der Waals surface area contributed by atoms with Gasteiger partial charge >= 0.3 is 0 Å². The molecule has 0 atom stereocenters. The van der Waals surface area contributed by atoms with Crippen LogP contribution in [0.5, 0.6) is 0 Å². The Bertz CT molecular complexity index is 284. The smallest absolute Gasteiger partial charge is 0.0907 e. The zero-order valence-electron chi connectivity index (χ0n) is 10.6. The first-order chi connectivity index (χ1) is 7.74. The van der Waals surface area contributed by atoms with E-state index in [-0.39, 0.29) is 0 Å². The lowest BCUT2D eigenvalue weighted by atomic mass is 10.4. The molecule has 0 aliphatic carbocycles. The molecule has 0 aliphatic rings. The maximum absolute atomic E-state index is 5.52. The summed E-state index contributed by atoms with van der Waals surface area (Å²) in [6.45, 7) is 9.72. The molecule has 0 spiro atoms. The van der Waals surface area contributed by atoms with Gasteiger partial charge in [-0.3, -0.25) is 4.68 Å². The first kappa shape index (κ1) is 13.2. The minimum atomic E-state index is 0.417. The van der Waals surface area contributed by atoms with E-state index in [4.69, 9.17) is 4.74 Å². The Balaban J connectivity index is 2.12. The molecule has 0 fully saturated rings. The Labute approximate surface area is 98.0 Å². The van der Waals surface area contributed by atoms with Crippen LogP contribution in [0, 0.1) is 0 Å². The number of rotatable bonds is 8. The fourth-order valence-corrected chi connectivity index (χ4v) is 1.36. The Morgan fingerprint density at radius 2 is 2.25 bits per heavy atom. The number of ether oxygens (including phenoxy) is 1. The molecule has 1 aromatic heterocycles. The van der Waals surface area contributed by atoms with Crippen molar-refractivity contribution >= 4 is 0 Å². The average molecular weight is 225 g/mol. The molecule has 1 heterocycles. The van der Waals surface area contributed by atoms with Gasteiger partial charge in [0.25, 0.3) is 0 Å². The second-order valence-corrected chi connectivity index (χ2v) is 4.18. The second-order valence-electron chi connectivity index (χ2n) is 4.18. The van der Waals surface area contributed by atoms with Crippen LogP contribution in [0.1, 0.15) is 38.9 Å². The third kappa shape index (κ3) is 4.77. The van der Waals surface area contributed by atoms with Crippen molar-refractivity contribution in [3.63, 3.8) is 0 Å². The van der Waals surface area contributed by atoms with Crippen molar-refractivity contribution in [2.75, 3.05) is 19.7 Å². The van der Waals surface area contributed by atoms with Gasteiger partial charge in [0.05, 0.1) is 18.9 Å². The summed E-state index contributed by atoms with van der Waals surface area (Å²) < 4.78 is 7.47. The van der Waals surface area contributed by atoms with Crippen LogP contribution in [0.25, 0.3) is 0 Å². The highest BCUT2D eigenvalue weighted by atomic mass is 16.5. The monoisotopic (exact) mass is 225 g/mol. The van der Waals surface area contributed by atoms with Crippen molar-refractivity contribution in [2.45, 2.75) is 39.8 Å². The van der Waals surface area contributed by atoms with Crippen LogP contribution >= 0.6 is 0 Å². The third-order valence-corrected chi connectivity index (χ3v) is 2.29. The molecule has 16 heavy (non-hydrogen) atoms. The van der Waals surface area contributed by atoms with Crippen LogP contribution in [0.4, 0.5) is 0 Å². The predicted octanol–water partition coefficient (Wildman–Crippen LogP) is 1.98. The topological polar surface area (TPSA) is 39.1 Å². The van der Waals surface area contributed by atoms with Crippen molar-refractivity contribution in [1.82, 2.24) is 15.1 Å². The molecule has 0 saturated heterocycles. The van der Waals surface area contributed by atoms with Gasteiger partial charge < -0.3 is 10.1 Å². The zero-order valence-corrected chi connectivity index (χ0v) is 10.6. The summed E-state index contributed by atoms with van der Waals surface area (Å²) in [7, 11) is 0. The van der Waals surface area contributed by atoms with Crippen molar-refractivity contribution < 1.29 is 4.74 Å². The molecule has 92 valence electrons. The van der Waals surface area contributed by atoms with E-state index in [1.165, 1.54) is 6.42 Å².